The third-order valence-electron chi connectivity index (χ3n) is 11.5. The van der Waals surface area contributed by atoms with Gasteiger partial charge in [0.15, 0.2) is 0 Å². The second-order valence-electron chi connectivity index (χ2n) is 15.7. The maximum Gasteiger partial charge on any atom is 0.329 e. The lowest BCUT2D eigenvalue weighted by Gasteiger charge is -2.66. The van der Waals surface area contributed by atoms with E-state index in [1.165, 1.54) is 34.4 Å². The third-order valence-corrected chi connectivity index (χ3v) is 13.2. The normalized spacial score (nSPS) is 35.3. The van der Waals surface area contributed by atoms with Gasteiger partial charge in [0, 0.05) is 39.2 Å². The zero-order chi connectivity index (χ0) is 28.8. The molecular formula is C33H49N3O4Si. The number of rotatable bonds is 9. The van der Waals surface area contributed by atoms with Gasteiger partial charge in [-0.1, -0.05) is 43.4 Å². The van der Waals surface area contributed by atoms with Gasteiger partial charge in [-0.2, -0.15) is 0 Å². The second-order valence-corrected chi connectivity index (χ2v) is 21.3. The van der Waals surface area contributed by atoms with Crippen molar-refractivity contribution in [3.05, 3.63) is 34.9 Å². The number of hydrogen-bond acceptors (Lipinski definition) is 5. The highest BCUT2D eigenvalue weighted by molar-refractivity contribution is 6.76. The van der Waals surface area contributed by atoms with Crippen LogP contribution in [0.2, 0.25) is 25.7 Å². The minimum Gasteiger partial charge on any atom is -0.387 e. The topological polar surface area (TPSA) is 73.3 Å². The Hall–Kier alpha value is -1.74. The molecule has 0 aromatic heterocycles. The van der Waals surface area contributed by atoms with Gasteiger partial charge in [0.25, 0.3) is 5.91 Å². The SMILES string of the molecule is Cc1ccc2c(c1)[C@]13CCN(CC4CC4)[C@H](C2)[C@]1(O)CC[C@]1(C3)C(=O)N(COCC[Si](C)(C)C)C(=O)N1CC1CC1. The summed E-state index contributed by atoms with van der Waals surface area (Å²) in [6.07, 6.45) is 8.14. The molecule has 7 rings (SSSR count). The number of amides is 3. The van der Waals surface area contributed by atoms with Crippen molar-refractivity contribution in [3.63, 3.8) is 0 Å². The molecule has 1 N–H and O–H groups in total. The maximum absolute atomic E-state index is 14.5. The molecule has 3 amide bonds. The van der Waals surface area contributed by atoms with Crippen molar-refractivity contribution in [1.82, 2.24) is 14.7 Å². The predicted molar refractivity (Wildman–Crippen MR) is 161 cm³/mol. The Balaban J connectivity index is 1.25. The monoisotopic (exact) mass is 579 g/mol. The molecule has 224 valence electrons. The van der Waals surface area contributed by atoms with Crippen LogP contribution < -0.4 is 0 Å². The molecule has 2 saturated heterocycles. The fraction of sp³-hybridized carbons (Fsp3) is 0.758. The van der Waals surface area contributed by atoms with Gasteiger partial charge in [0.05, 0.1) is 5.60 Å². The van der Waals surface area contributed by atoms with E-state index >= 15 is 0 Å². The van der Waals surface area contributed by atoms with Gasteiger partial charge in [-0.15, -0.1) is 0 Å². The summed E-state index contributed by atoms with van der Waals surface area (Å²) in [6.45, 7) is 12.3. The van der Waals surface area contributed by atoms with E-state index in [4.69, 9.17) is 4.74 Å². The fourth-order valence-corrected chi connectivity index (χ4v) is 9.51. The van der Waals surface area contributed by atoms with Crippen molar-refractivity contribution in [1.29, 1.82) is 0 Å². The van der Waals surface area contributed by atoms with Gasteiger partial charge in [-0.25, -0.2) is 9.69 Å². The molecule has 0 unspecified atom stereocenters. The number of piperidine rings is 1. The van der Waals surface area contributed by atoms with Crippen LogP contribution in [0.25, 0.3) is 0 Å². The first-order valence-corrected chi connectivity index (χ1v) is 19.9. The molecule has 1 aromatic carbocycles. The van der Waals surface area contributed by atoms with Crippen molar-refractivity contribution in [3.8, 4) is 0 Å². The zero-order valence-electron chi connectivity index (χ0n) is 25.6. The van der Waals surface area contributed by atoms with E-state index in [2.05, 4.69) is 49.7 Å². The van der Waals surface area contributed by atoms with Crippen LogP contribution in [-0.2, 0) is 21.4 Å². The Morgan fingerprint density at radius 3 is 2.46 bits per heavy atom. The number of ether oxygens (including phenoxy) is 1. The lowest BCUT2D eigenvalue weighted by molar-refractivity contribution is -0.189. The van der Waals surface area contributed by atoms with Crippen LogP contribution in [0.15, 0.2) is 18.2 Å². The molecule has 8 heteroatoms. The third kappa shape index (κ3) is 4.54. The predicted octanol–water partition coefficient (Wildman–Crippen LogP) is 4.91. The Labute approximate surface area is 246 Å². The average molecular weight is 580 g/mol. The van der Waals surface area contributed by atoms with E-state index in [-0.39, 0.29) is 24.7 Å². The van der Waals surface area contributed by atoms with Crippen molar-refractivity contribution in [2.45, 2.75) is 113 Å². The lowest BCUT2D eigenvalue weighted by Crippen LogP contribution is -2.76. The summed E-state index contributed by atoms with van der Waals surface area (Å²) in [5.41, 5.74) is 1.40. The van der Waals surface area contributed by atoms with Crippen molar-refractivity contribution in [2.75, 3.05) is 33.0 Å². The Bertz CT molecular complexity index is 1240. The first-order chi connectivity index (χ1) is 19.5. The van der Waals surface area contributed by atoms with Crippen LogP contribution in [0.5, 0.6) is 0 Å². The molecule has 4 atom stereocenters. The van der Waals surface area contributed by atoms with Gasteiger partial charge in [0.1, 0.15) is 12.3 Å². The maximum atomic E-state index is 14.5. The Kier molecular flexibility index (Phi) is 6.59. The minimum atomic E-state index is -1.28. The van der Waals surface area contributed by atoms with Crippen LogP contribution >= 0.6 is 0 Å². The highest BCUT2D eigenvalue weighted by Crippen LogP contribution is 2.62. The van der Waals surface area contributed by atoms with Crippen LogP contribution in [0.1, 0.15) is 68.1 Å². The minimum absolute atomic E-state index is 0.0375. The fourth-order valence-electron chi connectivity index (χ4n) is 8.75. The molecule has 2 heterocycles. The highest BCUT2D eigenvalue weighted by Gasteiger charge is 2.72. The number of imide groups is 1. The lowest BCUT2D eigenvalue weighted by atomic mass is 9.46. The number of carbonyl (C=O) groups excluding carboxylic acids is 2. The van der Waals surface area contributed by atoms with Crippen molar-refractivity contribution < 1.29 is 19.4 Å². The van der Waals surface area contributed by atoms with Gasteiger partial charge < -0.3 is 14.7 Å². The summed E-state index contributed by atoms with van der Waals surface area (Å²) < 4.78 is 6.01. The van der Waals surface area contributed by atoms with Gasteiger partial charge in [0.2, 0.25) is 0 Å². The number of fused-ring (bicyclic) bond motifs is 1. The molecule has 41 heavy (non-hydrogen) atoms. The molecular weight excluding hydrogens is 530 g/mol. The number of urea groups is 1. The summed E-state index contributed by atoms with van der Waals surface area (Å²) in [7, 11) is -1.28. The summed E-state index contributed by atoms with van der Waals surface area (Å²) in [6, 6.07) is 7.64. The summed E-state index contributed by atoms with van der Waals surface area (Å²) in [4.78, 5) is 34.5. The second kappa shape index (κ2) is 9.63. The molecule has 1 aromatic rings. The molecule has 3 saturated carbocycles. The molecule has 1 spiro atoms. The standard InChI is InChI=1S/C33H49N3O4Si/c1-23-5-10-26-18-28-33(39)12-11-32(21-31(33,27(26)17-23)13-14-34(28)19-24-6-7-24)29(37)35(22-40-15-16-41(2,3)4)30(38)36(32)20-25-8-9-25/h5,10,17,24-25,28,39H,6-9,11-16,18-22H2,1-4H3/t28-,31-,32+,33-/m1/s1. The first kappa shape index (κ1) is 28.1. The average Bonchev–Trinajstić information content (AvgIpc) is 3.84. The number of aliphatic hydroxyl groups is 1. The Morgan fingerprint density at radius 2 is 1.76 bits per heavy atom. The molecule has 0 radical (unpaired) electrons. The van der Waals surface area contributed by atoms with E-state index in [0.29, 0.717) is 38.3 Å². The number of carbonyl (C=O) groups is 2. The number of hydrogen-bond donors (Lipinski definition) is 1. The number of aryl methyl sites for hydroxylation is 1. The first-order valence-electron chi connectivity index (χ1n) is 16.2. The molecule has 2 bridgehead atoms. The number of benzene rings is 1. The summed E-state index contributed by atoms with van der Waals surface area (Å²) >= 11 is 0. The van der Waals surface area contributed by atoms with Gasteiger partial charge in [-0.05, 0) is 100 Å². The highest BCUT2D eigenvalue weighted by atomic mass is 28.3. The molecule has 6 aliphatic rings. The van der Waals surface area contributed by atoms with Crippen LogP contribution in [-0.4, -0.2) is 90.0 Å². The van der Waals surface area contributed by atoms with Gasteiger partial charge in [-0.3, -0.25) is 9.69 Å². The quantitative estimate of drug-likeness (QED) is 0.256. The molecule has 5 fully saturated rings. The molecule has 7 nitrogen and oxygen atoms in total. The van der Waals surface area contributed by atoms with E-state index in [0.717, 1.165) is 50.7 Å². The van der Waals surface area contributed by atoms with E-state index in [1.807, 2.05) is 4.90 Å². The smallest absolute Gasteiger partial charge is 0.329 e. The Morgan fingerprint density at radius 1 is 1.02 bits per heavy atom. The number of nitrogens with zero attached hydrogens (tertiary/aromatic N) is 3. The number of likely N-dealkylation sites (tertiary alicyclic amines) is 1. The van der Waals surface area contributed by atoms with E-state index in [1.54, 1.807) is 0 Å². The summed E-state index contributed by atoms with van der Waals surface area (Å²) in [5.74, 6) is 1.14. The van der Waals surface area contributed by atoms with E-state index in [9.17, 15) is 14.7 Å². The van der Waals surface area contributed by atoms with Crippen molar-refractivity contribution in [2.24, 2.45) is 11.8 Å². The van der Waals surface area contributed by atoms with Gasteiger partial charge >= 0.3 is 6.03 Å². The molecule has 4 aliphatic carbocycles. The van der Waals surface area contributed by atoms with Crippen LogP contribution in [0.4, 0.5) is 4.79 Å². The zero-order valence-corrected chi connectivity index (χ0v) is 26.6. The van der Waals surface area contributed by atoms with Crippen LogP contribution in [0.3, 0.4) is 0 Å². The largest absolute Gasteiger partial charge is 0.387 e. The van der Waals surface area contributed by atoms with Crippen molar-refractivity contribution >= 4 is 20.0 Å². The van der Waals surface area contributed by atoms with Crippen LogP contribution in [0, 0.1) is 18.8 Å². The van der Waals surface area contributed by atoms with E-state index < -0.39 is 24.6 Å². The summed E-state index contributed by atoms with van der Waals surface area (Å²) in [5, 5.41) is 12.9. The molecule has 2 aliphatic heterocycles.